The molecule has 30 heavy (non-hydrogen) atoms. The van der Waals surface area contributed by atoms with E-state index in [-0.39, 0.29) is 23.1 Å². The number of halogens is 1. The van der Waals surface area contributed by atoms with Crippen molar-refractivity contribution in [2.24, 2.45) is 0 Å². The van der Waals surface area contributed by atoms with Crippen LogP contribution in [0.25, 0.3) is 11.1 Å². The second-order valence-corrected chi connectivity index (χ2v) is 8.79. The van der Waals surface area contributed by atoms with Gasteiger partial charge in [-0.05, 0) is 29.3 Å². The normalized spacial score (nSPS) is 19.6. The third kappa shape index (κ3) is 2.39. The molecule has 0 bridgehead atoms. The highest BCUT2D eigenvalue weighted by Crippen LogP contribution is 2.57. The van der Waals surface area contributed by atoms with Crippen molar-refractivity contribution >= 4 is 52.1 Å². The maximum atomic E-state index is 13.5. The number of benzene rings is 2. The maximum absolute atomic E-state index is 13.5. The summed E-state index contributed by atoms with van der Waals surface area (Å²) in [4.78, 5) is 40.6. The summed E-state index contributed by atoms with van der Waals surface area (Å²) in [7, 11) is 1.65. The van der Waals surface area contributed by atoms with Crippen molar-refractivity contribution < 1.29 is 19.5 Å². The Hall–Kier alpha value is -3.16. The van der Waals surface area contributed by atoms with Crippen LogP contribution in [-0.2, 0) is 15.0 Å². The number of carbonyl (C=O) groups excluding carboxylic acids is 2. The molecular formula is C22H15ClN2O4S. The summed E-state index contributed by atoms with van der Waals surface area (Å²) in [5.74, 6) is -1.72. The predicted molar refractivity (Wildman–Crippen MR) is 116 cm³/mol. The lowest BCUT2D eigenvalue weighted by molar-refractivity contribution is -0.126. The number of carboxylic acid groups (broad SMARTS) is 1. The topological polar surface area (TPSA) is 86.7 Å². The minimum Gasteiger partial charge on any atom is -0.477 e. The summed E-state index contributed by atoms with van der Waals surface area (Å²) in [5.41, 5.74) is 1.45. The minimum absolute atomic E-state index is 0.0821. The number of likely N-dealkylation sites (N-methyl/N-ethyl adjacent to an activating group) is 1. The molecule has 6 nitrogen and oxygen atoms in total. The zero-order valence-electron chi connectivity index (χ0n) is 15.7. The van der Waals surface area contributed by atoms with Crippen LogP contribution in [0.15, 0.2) is 48.5 Å². The van der Waals surface area contributed by atoms with Crippen LogP contribution in [0.1, 0.15) is 26.5 Å². The zero-order valence-corrected chi connectivity index (χ0v) is 17.3. The van der Waals surface area contributed by atoms with E-state index < -0.39 is 11.4 Å². The molecular weight excluding hydrogens is 424 g/mol. The number of nitrogens with one attached hydrogen (secondary N) is 1. The Balaban J connectivity index is 1.88. The van der Waals surface area contributed by atoms with E-state index in [1.807, 2.05) is 6.07 Å². The number of amides is 2. The Morgan fingerprint density at radius 3 is 2.63 bits per heavy atom. The fourth-order valence-corrected chi connectivity index (χ4v) is 5.91. The molecule has 2 aliphatic heterocycles. The van der Waals surface area contributed by atoms with Crippen molar-refractivity contribution in [3.8, 4) is 11.1 Å². The lowest BCUT2D eigenvalue weighted by Gasteiger charge is -2.32. The van der Waals surface area contributed by atoms with Crippen molar-refractivity contribution in [2.75, 3.05) is 17.3 Å². The number of hydrogen-bond donors (Lipinski definition) is 2. The number of carbonyl (C=O) groups is 3. The van der Waals surface area contributed by atoms with Gasteiger partial charge in [0.1, 0.15) is 10.3 Å². The molecule has 3 aromatic rings. The molecule has 2 aromatic carbocycles. The first-order valence-electron chi connectivity index (χ1n) is 9.18. The van der Waals surface area contributed by atoms with Crippen LogP contribution in [0.3, 0.4) is 0 Å². The third-order valence-electron chi connectivity index (χ3n) is 5.69. The van der Waals surface area contributed by atoms with E-state index in [1.54, 1.807) is 49.5 Å². The molecule has 1 spiro atoms. The smallest absolute Gasteiger partial charge is 0.346 e. The van der Waals surface area contributed by atoms with Gasteiger partial charge in [0.25, 0.3) is 0 Å². The Morgan fingerprint density at radius 1 is 1.20 bits per heavy atom. The highest BCUT2D eigenvalue weighted by atomic mass is 35.5. The third-order valence-corrected chi connectivity index (χ3v) is 7.27. The molecule has 0 saturated carbocycles. The summed E-state index contributed by atoms with van der Waals surface area (Å²) in [6, 6.07) is 14.1. The average Bonchev–Trinajstić information content (AvgIpc) is 3.20. The van der Waals surface area contributed by atoms with Crippen molar-refractivity contribution in [2.45, 2.75) is 11.8 Å². The van der Waals surface area contributed by atoms with Gasteiger partial charge in [-0.1, -0.05) is 41.9 Å². The molecule has 0 fully saturated rings. The Kier molecular flexibility index (Phi) is 4.03. The number of carboxylic acids is 1. The molecule has 8 heteroatoms. The van der Waals surface area contributed by atoms with E-state index in [4.69, 9.17) is 11.6 Å². The summed E-state index contributed by atoms with van der Waals surface area (Å²) >= 11 is 7.28. The van der Waals surface area contributed by atoms with Crippen LogP contribution in [-0.4, -0.2) is 29.9 Å². The second-order valence-electron chi connectivity index (χ2n) is 7.34. The summed E-state index contributed by atoms with van der Waals surface area (Å²) in [6.07, 6.45) is -0.107. The monoisotopic (exact) mass is 438 g/mol. The first kappa shape index (κ1) is 18.8. The Morgan fingerprint density at radius 2 is 1.93 bits per heavy atom. The van der Waals surface area contributed by atoms with Crippen molar-refractivity contribution in [1.29, 1.82) is 0 Å². The van der Waals surface area contributed by atoms with E-state index in [2.05, 4.69) is 5.32 Å². The highest BCUT2D eigenvalue weighted by molar-refractivity contribution is 7.15. The largest absolute Gasteiger partial charge is 0.477 e. The number of rotatable bonds is 2. The molecule has 3 heterocycles. The van der Waals surface area contributed by atoms with Gasteiger partial charge in [-0.2, -0.15) is 0 Å². The number of thiophene rings is 1. The highest BCUT2D eigenvalue weighted by Gasteiger charge is 2.57. The second kappa shape index (κ2) is 6.42. The average molecular weight is 439 g/mol. The SMILES string of the molecule is CN1C(=O)[C@@]2(CC(=O)Nc3c2sc(C(=O)O)c3-c2ccccc2)c2cc(Cl)ccc21. The van der Waals surface area contributed by atoms with E-state index in [0.29, 0.717) is 38.0 Å². The quantitative estimate of drug-likeness (QED) is 0.622. The standard InChI is InChI=1S/C22H15ClN2O4S/c1-25-14-8-7-12(23)9-13(14)22(21(25)29)10-15(26)24-17-16(11-5-3-2-4-6-11)18(20(27)28)30-19(17)22/h2-9H,10H2,1H3,(H,24,26)(H,27,28)/t22-/m0/s1. The number of anilines is 2. The summed E-state index contributed by atoms with van der Waals surface area (Å²) in [6.45, 7) is 0. The molecule has 0 unspecified atom stereocenters. The number of nitrogens with zero attached hydrogens (tertiary/aromatic N) is 1. The molecule has 0 saturated heterocycles. The van der Waals surface area contributed by atoms with Crippen LogP contribution in [0, 0.1) is 0 Å². The van der Waals surface area contributed by atoms with Gasteiger partial charge in [0.05, 0.1) is 17.0 Å². The first-order chi connectivity index (χ1) is 14.3. The molecule has 0 radical (unpaired) electrons. The van der Waals surface area contributed by atoms with Crippen LogP contribution >= 0.6 is 22.9 Å². The Labute approximate surface area is 180 Å². The molecule has 2 aliphatic rings. The van der Waals surface area contributed by atoms with Gasteiger partial charge < -0.3 is 15.3 Å². The van der Waals surface area contributed by atoms with E-state index in [1.165, 1.54) is 4.90 Å². The lowest BCUT2D eigenvalue weighted by Crippen LogP contribution is -2.45. The van der Waals surface area contributed by atoms with Crippen LogP contribution in [0.4, 0.5) is 11.4 Å². The molecule has 5 rings (SSSR count). The number of aromatic carboxylic acids is 1. The molecule has 2 N–H and O–H groups in total. The van der Waals surface area contributed by atoms with E-state index >= 15 is 0 Å². The van der Waals surface area contributed by atoms with E-state index in [9.17, 15) is 19.5 Å². The minimum atomic E-state index is -1.30. The van der Waals surface area contributed by atoms with Crippen molar-refractivity contribution in [3.05, 3.63) is 68.9 Å². The fourth-order valence-electron chi connectivity index (χ4n) is 4.43. The van der Waals surface area contributed by atoms with Gasteiger partial charge in [0.2, 0.25) is 11.8 Å². The number of hydrogen-bond acceptors (Lipinski definition) is 4. The predicted octanol–water partition coefficient (Wildman–Crippen LogP) is 4.37. The fraction of sp³-hybridized carbons (Fsp3) is 0.136. The summed E-state index contributed by atoms with van der Waals surface area (Å²) < 4.78 is 0. The summed E-state index contributed by atoms with van der Waals surface area (Å²) in [5, 5.41) is 13.2. The van der Waals surface area contributed by atoms with Crippen LogP contribution in [0.2, 0.25) is 5.02 Å². The lowest BCUT2D eigenvalue weighted by atomic mass is 9.74. The maximum Gasteiger partial charge on any atom is 0.346 e. The van der Waals surface area contributed by atoms with Gasteiger partial charge in [0, 0.05) is 23.3 Å². The van der Waals surface area contributed by atoms with Gasteiger partial charge in [-0.15, -0.1) is 11.3 Å². The first-order valence-corrected chi connectivity index (χ1v) is 10.4. The molecule has 150 valence electrons. The van der Waals surface area contributed by atoms with Crippen molar-refractivity contribution in [1.82, 2.24) is 0 Å². The van der Waals surface area contributed by atoms with Gasteiger partial charge in [-0.25, -0.2) is 4.79 Å². The Bertz CT molecular complexity index is 1250. The van der Waals surface area contributed by atoms with Crippen LogP contribution < -0.4 is 10.2 Å². The van der Waals surface area contributed by atoms with Gasteiger partial charge >= 0.3 is 5.97 Å². The van der Waals surface area contributed by atoms with Crippen molar-refractivity contribution in [3.63, 3.8) is 0 Å². The molecule has 0 aliphatic carbocycles. The molecule has 1 atom stereocenters. The number of fused-ring (bicyclic) bond motifs is 4. The molecule has 2 amide bonds. The van der Waals surface area contributed by atoms with Gasteiger partial charge in [-0.3, -0.25) is 9.59 Å². The van der Waals surface area contributed by atoms with E-state index in [0.717, 1.165) is 11.3 Å². The zero-order chi connectivity index (χ0) is 21.2. The molecule has 1 aromatic heterocycles. The van der Waals surface area contributed by atoms with Crippen LogP contribution in [0.5, 0.6) is 0 Å². The van der Waals surface area contributed by atoms with Gasteiger partial charge in [0.15, 0.2) is 0 Å².